The number of rotatable bonds is 0. The van der Waals surface area contributed by atoms with Crippen LogP contribution in [-0.2, 0) is 19.1 Å². The highest BCUT2D eigenvalue weighted by molar-refractivity contribution is 5.93. The highest BCUT2D eigenvalue weighted by Crippen LogP contribution is 2.58. The second kappa shape index (κ2) is 2.26. The zero-order valence-electron chi connectivity index (χ0n) is 8.27. The lowest BCUT2D eigenvalue weighted by molar-refractivity contribution is -0.172. The molecular formula is C11H12O4. The van der Waals surface area contributed by atoms with Gasteiger partial charge >= 0.3 is 5.97 Å². The third-order valence-electron chi connectivity index (χ3n) is 4.56. The molecule has 0 aromatic heterocycles. The third kappa shape index (κ3) is 0.728. The van der Waals surface area contributed by atoms with E-state index in [1.165, 1.54) is 0 Å². The summed E-state index contributed by atoms with van der Waals surface area (Å²) in [7, 11) is 0. The van der Waals surface area contributed by atoms with Crippen molar-refractivity contribution in [1.82, 2.24) is 0 Å². The number of carbonyl (C=O) groups is 2. The van der Waals surface area contributed by atoms with Gasteiger partial charge < -0.3 is 9.47 Å². The lowest BCUT2D eigenvalue weighted by Gasteiger charge is -2.34. The molecule has 0 radical (unpaired) electrons. The van der Waals surface area contributed by atoms with Crippen LogP contribution in [0.2, 0.25) is 0 Å². The van der Waals surface area contributed by atoms with Crippen LogP contribution in [0.5, 0.6) is 0 Å². The van der Waals surface area contributed by atoms with Gasteiger partial charge in [0.05, 0.1) is 5.92 Å². The summed E-state index contributed by atoms with van der Waals surface area (Å²) >= 11 is 0. The molecule has 1 aliphatic carbocycles. The molecule has 5 atom stereocenters. The lowest BCUT2D eigenvalue weighted by Crippen LogP contribution is -2.49. The van der Waals surface area contributed by atoms with Crippen LogP contribution in [0.1, 0.15) is 25.7 Å². The molecule has 15 heavy (non-hydrogen) atoms. The number of hydrogen-bond acceptors (Lipinski definition) is 4. The minimum Gasteiger partial charge on any atom is -0.459 e. The molecule has 0 aromatic carbocycles. The van der Waals surface area contributed by atoms with Crippen molar-refractivity contribution in [2.24, 2.45) is 11.8 Å². The summed E-state index contributed by atoms with van der Waals surface area (Å²) in [4.78, 5) is 23.7. The Labute approximate surface area is 86.9 Å². The summed E-state index contributed by atoms with van der Waals surface area (Å²) in [6.07, 6.45) is 2.71. The molecule has 0 aromatic rings. The van der Waals surface area contributed by atoms with E-state index in [-0.39, 0.29) is 35.8 Å². The van der Waals surface area contributed by atoms with Gasteiger partial charge in [-0.15, -0.1) is 0 Å². The number of ether oxygens (including phenoxy) is 2. The first-order valence-electron chi connectivity index (χ1n) is 5.64. The predicted octanol–water partition coefficient (Wildman–Crippen LogP) is 0.438. The molecule has 3 heterocycles. The van der Waals surface area contributed by atoms with Gasteiger partial charge in [-0.3, -0.25) is 9.59 Å². The lowest BCUT2D eigenvalue weighted by atomic mass is 9.81. The van der Waals surface area contributed by atoms with Gasteiger partial charge in [0.2, 0.25) is 0 Å². The number of carbonyl (C=O) groups excluding carboxylic acids is 2. The van der Waals surface area contributed by atoms with Gasteiger partial charge in [-0.1, -0.05) is 0 Å². The van der Waals surface area contributed by atoms with Gasteiger partial charge in [0.1, 0.15) is 17.8 Å². The molecule has 0 unspecified atom stereocenters. The zero-order chi connectivity index (χ0) is 10.2. The van der Waals surface area contributed by atoms with Gasteiger partial charge in [-0.05, 0) is 19.3 Å². The van der Waals surface area contributed by atoms with E-state index in [1.807, 2.05) is 0 Å². The molecule has 3 aliphatic heterocycles. The molecule has 4 heteroatoms. The Morgan fingerprint density at radius 2 is 2.20 bits per heavy atom. The van der Waals surface area contributed by atoms with Gasteiger partial charge in [0, 0.05) is 12.3 Å². The molecule has 4 rings (SSSR count). The second-order valence-electron chi connectivity index (χ2n) is 5.10. The summed E-state index contributed by atoms with van der Waals surface area (Å²) in [6.45, 7) is 0. The van der Waals surface area contributed by atoms with E-state index in [2.05, 4.69) is 0 Å². The molecule has 4 aliphatic rings. The summed E-state index contributed by atoms with van der Waals surface area (Å²) in [6, 6.07) is 0. The number of fused-ring (bicyclic) bond motifs is 1. The molecule has 1 saturated carbocycles. The topological polar surface area (TPSA) is 52.6 Å². The summed E-state index contributed by atoms with van der Waals surface area (Å²) in [5.74, 6) is -0.00789. The first kappa shape index (κ1) is 8.28. The van der Waals surface area contributed by atoms with Crippen LogP contribution in [0.15, 0.2) is 0 Å². The fourth-order valence-electron chi connectivity index (χ4n) is 3.99. The minimum atomic E-state index is -0.592. The smallest absolute Gasteiger partial charge is 0.312 e. The Balaban J connectivity index is 1.89. The maximum Gasteiger partial charge on any atom is 0.312 e. The van der Waals surface area contributed by atoms with Crippen LogP contribution in [-0.4, -0.2) is 29.6 Å². The van der Waals surface area contributed by atoms with E-state index >= 15 is 0 Å². The Bertz CT molecular complexity index is 377. The molecule has 0 N–H and O–H groups in total. The fraction of sp³-hybridized carbons (Fsp3) is 0.818. The van der Waals surface area contributed by atoms with Crippen molar-refractivity contribution in [3.05, 3.63) is 0 Å². The van der Waals surface area contributed by atoms with E-state index in [9.17, 15) is 9.59 Å². The normalized spacial score (nSPS) is 55.7. The van der Waals surface area contributed by atoms with Crippen LogP contribution >= 0.6 is 0 Å². The van der Waals surface area contributed by atoms with E-state index in [0.29, 0.717) is 6.42 Å². The van der Waals surface area contributed by atoms with Crippen LogP contribution in [0.3, 0.4) is 0 Å². The van der Waals surface area contributed by atoms with Crippen molar-refractivity contribution >= 4 is 11.8 Å². The van der Waals surface area contributed by atoms with Gasteiger partial charge in [-0.2, -0.15) is 0 Å². The monoisotopic (exact) mass is 208 g/mol. The molecule has 1 spiro atoms. The maximum absolute atomic E-state index is 12.0. The van der Waals surface area contributed by atoms with Crippen LogP contribution in [0.25, 0.3) is 0 Å². The first-order valence-corrected chi connectivity index (χ1v) is 5.64. The highest BCUT2D eigenvalue weighted by atomic mass is 16.6. The molecular weight excluding hydrogens is 196 g/mol. The van der Waals surface area contributed by atoms with Gasteiger partial charge in [0.15, 0.2) is 5.78 Å². The third-order valence-corrected chi connectivity index (χ3v) is 4.56. The molecule has 2 bridgehead atoms. The summed E-state index contributed by atoms with van der Waals surface area (Å²) in [5, 5.41) is 0. The molecule has 3 saturated heterocycles. The Morgan fingerprint density at radius 3 is 3.07 bits per heavy atom. The fourth-order valence-corrected chi connectivity index (χ4v) is 3.99. The number of hydrogen-bond donors (Lipinski definition) is 0. The van der Waals surface area contributed by atoms with E-state index < -0.39 is 5.60 Å². The zero-order valence-corrected chi connectivity index (χ0v) is 8.27. The largest absolute Gasteiger partial charge is 0.459 e. The van der Waals surface area contributed by atoms with E-state index in [1.54, 1.807) is 0 Å². The van der Waals surface area contributed by atoms with Crippen molar-refractivity contribution < 1.29 is 19.1 Å². The molecule has 0 amide bonds. The van der Waals surface area contributed by atoms with Gasteiger partial charge in [0.25, 0.3) is 0 Å². The van der Waals surface area contributed by atoms with E-state index in [4.69, 9.17) is 9.47 Å². The van der Waals surface area contributed by atoms with Crippen molar-refractivity contribution in [2.75, 3.05) is 0 Å². The Morgan fingerprint density at radius 1 is 1.33 bits per heavy atom. The summed E-state index contributed by atoms with van der Waals surface area (Å²) < 4.78 is 11.1. The number of esters is 1. The van der Waals surface area contributed by atoms with E-state index in [0.717, 1.165) is 19.3 Å². The highest BCUT2D eigenvalue weighted by Gasteiger charge is 2.71. The molecule has 4 nitrogen and oxygen atoms in total. The minimum absolute atomic E-state index is 0.106. The average Bonchev–Trinajstić information content (AvgIpc) is 2.74. The van der Waals surface area contributed by atoms with Crippen molar-refractivity contribution in [2.45, 2.75) is 43.5 Å². The van der Waals surface area contributed by atoms with Gasteiger partial charge in [-0.25, -0.2) is 0 Å². The average molecular weight is 208 g/mol. The van der Waals surface area contributed by atoms with Crippen LogP contribution in [0, 0.1) is 11.8 Å². The molecule has 4 fully saturated rings. The number of Topliss-reactive ketones (excluding diaryl/α,β-unsaturated/α-hetero) is 1. The van der Waals surface area contributed by atoms with Crippen molar-refractivity contribution in [1.29, 1.82) is 0 Å². The van der Waals surface area contributed by atoms with Crippen LogP contribution < -0.4 is 0 Å². The quantitative estimate of drug-likeness (QED) is 0.542. The van der Waals surface area contributed by atoms with Crippen molar-refractivity contribution in [3.8, 4) is 0 Å². The summed E-state index contributed by atoms with van der Waals surface area (Å²) in [5.41, 5.74) is -0.592. The second-order valence-corrected chi connectivity index (χ2v) is 5.10. The Kier molecular flexibility index (Phi) is 1.25. The number of ketones is 1. The standard InChI is InChI=1S/C11H12O4/c12-7-4-6-9-8(10(13)14-6)5-2-1-3-11(5,7)15-9/h5-6,8-9H,1-4H2/t5-,6+,8-,9-,11-/m0/s1. The van der Waals surface area contributed by atoms with Crippen LogP contribution in [0.4, 0.5) is 0 Å². The first-order chi connectivity index (χ1) is 7.22. The predicted molar refractivity (Wildman–Crippen MR) is 47.9 cm³/mol. The Hall–Kier alpha value is -0.900. The SMILES string of the molecule is O=C1O[C@@H]2CC(=O)[C@]34CCC[C@H]3[C@H]1[C@H]2O4. The maximum atomic E-state index is 12.0. The van der Waals surface area contributed by atoms with Crippen molar-refractivity contribution in [3.63, 3.8) is 0 Å². The molecule has 80 valence electrons.